The van der Waals surface area contributed by atoms with Crippen LogP contribution in [0.5, 0.6) is 0 Å². The fourth-order valence-corrected chi connectivity index (χ4v) is 1.53. The molecule has 0 bridgehead atoms. The smallest absolute Gasteiger partial charge is 0.407 e. The molecule has 106 valence electrons. The van der Waals surface area contributed by atoms with Gasteiger partial charge in [0.15, 0.2) is 0 Å². The summed E-state index contributed by atoms with van der Waals surface area (Å²) in [5.74, 6) is -1.69. The van der Waals surface area contributed by atoms with E-state index in [2.05, 4.69) is 10.3 Å². The molecule has 19 heavy (non-hydrogen) atoms. The van der Waals surface area contributed by atoms with Gasteiger partial charge in [-0.05, 0) is 45.7 Å². The van der Waals surface area contributed by atoms with Gasteiger partial charge in [0, 0.05) is 12.1 Å². The molecule has 1 aromatic heterocycles. The standard InChI is InChI=1S/C13H18F2N2O2/c1-8-7-10(14)17-11(15)9(8)5-6-16-12(18)19-13(2,3)4/h7H,5-6H2,1-4H3,(H,16,18). The van der Waals surface area contributed by atoms with Crippen molar-refractivity contribution >= 4 is 6.09 Å². The van der Waals surface area contributed by atoms with Crippen molar-refractivity contribution in [3.63, 3.8) is 0 Å². The van der Waals surface area contributed by atoms with Crippen LogP contribution in [0.4, 0.5) is 13.6 Å². The van der Waals surface area contributed by atoms with Crippen LogP contribution in [0.25, 0.3) is 0 Å². The lowest BCUT2D eigenvalue weighted by Crippen LogP contribution is -2.33. The topological polar surface area (TPSA) is 51.2 Å². The van der Waals surface area contributed by atoms with Crippen LogP contribution in [0.3, 0.4) is 0 Å². The first-order chi connectivity index (χ1) is 8.69. The molecule has 0 aliphatic carbocycles. The number of carbonyl (C=O) groups excluding carboxylic acids is 1. The Kier molecular flexibility index (Phi) is 4.80. The van der Waals surface area contributed by atoms with Gasteiger partial charge in [0.2, 0.25) is 11.9 Å². The Bertz CT molecular complexity index is 447. The number of nitrogens with one attached hydrogen (secondary N) is 1. The van der Waals surface area contributed by atoms with E-state index in [0.29, 0.717) is 5.56 Å². The maximum atomic E-state index is 13.4. The average Bonchev–Trinajstić information content (AvgIpc) is 2.19. The maximum absolute atomic E-state index is 13.4. The summed E-state index contributed by atoms with van der Waals surface area (Å²) in [4.78, 5) is 14.5. The molecule has 0 spiro atoms. The van der Waals surface area contributed by atoms with Crippen LogP contribution in [0.2, 0.25) is 0 Å². The van der Waals surface area contributed by atoms with Crippen LogP contribution in [-0.4, -0.2) is 23.2 Å². The lowest BCUT2D eigenvalue weighted by molar-refractivity contribution is 0.0528. The van der Waals surface area contributed by atoms with Gasteiger partial charge in [-0.15, -0.1) is 0 Å². The highest BCUT2D eigenvalue weighted by Gasteiger charge is 2.16. The van der Waals surface area contributed by atoms with Crippen LogP contribution in [0.1, 0.15) is 31.9 Å². The average molecular weight is 272 g/mol. The van der Waals surface area contributed by atoms with E-state index in [1.807, 2.05) is 0 Å². The second-order valence-corrected chi connectivity index (χ2v) is 5.21. The molecule has 1 rings (SSSR count). The number of aromatic nitrogens is 1. The van der Waals surface area contributed by atoms with Crippen molar-refractivity contribution < 1.29 is 18.3 Å². The molecule has 0 unspecified atom stereocenters. The molecule has 1 aromatic rings. The zero-order valence-corrected chi connectivity index (χ0v) is 11.5. The second-order valence-electron chi connectivity index (χ2n) is 5.21. The molecular formula is C13H18F2N2O2. The van der Waals surface area contributed by atoms with Gasteiger partial charge < -0.3 is 10.1 Å². The minimum atomic E-state index is -0.848. The van der Waals surface area contributed by atoms with Gasteiger partial charge in [-0.3, -0.25) is 0 Å². The number of nitrogens with zero attached hydrogens (tertiary/aromatic N) is 1. The molecule has 6 heteroatoms. The van der Waals surface area contributed by atoms with E-state index in [0.717, 1.165) is 6.07 Å². The number of alkyl carbamates (subject to hydrolysis) is 1. The van der Waals surface area contributed by atoms with Gasteiger partial charge in [-0.2, -0.15) is 13.8 Å². The maximum Gasteiger partial charge on any atom is 0.407 e. The Hall–Kier alpha value is -1.72. The molecule has 0 fully saturated rings. The zero-order chi connectivity index (χ0) is 14.6. The second kappa shape index (κ2) is 5.95. The highest BCUT2D eigenvalue weighted by Crippen LogP contribution is 2.12. The third-order valence-electron chi connectivity index (χ3n) is 2.31. The Morgan fingerprint density at radius 3 is 2.58 bits per heavy atom. The fraction of sp³-hybridized carbons (Fsp3) is 0.538. The third kappa shape index (κ3) is 5.19. The summed E-state index contributed by atoms with van der Waals surface area (Å²) in [6.45, 7) is 7.04. The predicted octanol–water partition coefficient (Wildman–Crippen LogP) is 2.74. The number of hydrogen-bond donors (Lipinski definition) is 1. The summed E-state index contributed by atoms with van der Waals surface area (Å²) < 4.78 is 31.3. The van der Waals surface area contributed by atoms with Crippen LogP contribution in [-0.2, 0) is 11.2 Å². The summed E-state index contributed by atoms with van der Waals surface area (Å²) in [5.41, 5.74) is 0.177. The first-order valence-corrected chi connectivity index (χ1v) is 5.97. The van der Waals surface area contributed by atoms with E-state index in [-0.39, 0.29) is 18.5 Å². The monoisotopic (exact) mass is 272 g/mol. The van der Waals surface area contributed by atoms with Gasteiger partial charge in [-0.25, -0.2) is 4.79 Å². The zero-order valence-electron chi connectivity index (χ0n) is 11.5. The molecule has 0 atom stereocenters. The Balaban J connectivity index is 2.52. The summed E-state index contributed by atoms with van der Waals surface area (Å²) in [6.07, 6.45) is -0.342. The highest BCUT2D eigenvalue weighted by atomic mass is 19.1. The molecule has 1 heterocycles. The van der Waals surface area contributed by atoms with Crippen LogP contribution in [0, 0.1) is 18.8 Å². The molecular weight excluding hydrogens is 254 g/mol. The highest BCUT2D eigenvalue weighted by molar-refractivity contribution is 5.67. The van der Waals surface area contributed by atoms with Crippen molar-refractivity contribution in [1.29, 1.82) is 0 Å². The summed E-state index contributed by atoms with van der Waals surface area (Å²) >= 11 is 0. The van der Waals surface area contributed by atoms with Crippen molar-refractivity contribution in [1.82, 2.24) is 10.3 Å². The molecule has 0 radical (unpaired) electrons. The van der Waals surface area contributed by atoms with E-state index in [9.17, 15) is 13.6 Å². The predicted molar refractivity (Wildman–Crippen MR) is 66.8 cm³/mol. The number of hydrogen-bond acceptors (Lipinski definition) is 3. The Morgan fingerprint density at radius 2 is 2.05 bits per heavy atom. The first kappa shape index (κ1) is 15.3. The SMILES string of the molecule is Cc1cc(F)nc(F)c1CCNC(=O)OC(C)(C)C. The lowest BCUT2D eigenvalue weighted by Gasteiger charge is -2.19. The molecule has 1 N–H and O–H groups in total. The van der Waals surface area contributed by atoms with E-state index in [4.69, 9.17) is 4.74 Å². The fourth-order valence-electron chi connectivity index (χ4n) is 1.53. The summed E-state index contributed by atoms with van der Waals surface area (Å²) in [5, 5.41) is 2.51. The Labute approximate surface area is 111 Å². The lowest BCUT2D eigenvalue weighted by atomic mass is 10.1. The van der Waals surface area contributed by atoms with Crippen LogP contribution < -0.4 is 5.32 Å². The number of pyridine rings is 1. The van der Waals surface area contributed by atoms with Gasteiger partial charge in [0.05, 0.1) is 0 Å². The van der Waals surface area contributed by atoms with Crippen molar-refractivity contribution in [2.75, 3.05) is 6.54 Å². The number of rotatable bonds is 3. The van der Waals surface area contributed by atoms with Crippen LogP contribution in [0.15, 0.2) is 6.07 Å². The van der Waals surface area contributed by atoms with Crippen molar-refractivity contribution in [3.8, 4) is 0 Å². The van der Waals surface area contributed by atoms with Crippen molar-refractivity contribution in [2.45, 2.75) is 39.7 Å². The molecule has 0 aliphatic heterocycles. The summed E-state index contributed by atoms with van der Waals surface area (Å²) in [7, 11) is 0. The molecule has 4 nitrogen and oxygen atoms in total. The van der Waals surface area contributed by atoms with E-state index in [1.54, 1.807) is 27.7 Å². The van der Waals surface area contributed by atoms with Gasteiger partial charge in [0.25, 0.3) is 0 Å². The molecule has 0 aromatic carbocycles. The first-order valence-electron chi connectivity index (χ1n) is 5.97. The number of halogens is 2. The third-order valence-corrected chi connectivity index (χ3v) is 2.31. The Morgan fingerprint density at radius 1 is 1.42 bits per heavy atom. The minimum Gasteiger partial charge on any atom is -0.444 e. The number of aryl methyl sites for hydroxylation is 1. The number of amides is 1. The number of carbonyl (C=O) groups is 1. The normalized spacial score (nSPS) is 11.3. The minimum absolute atomic E-state index is 0.194. The van der Waals surface area contributed by atoms with E-state index < -0.39 is 23.6 Å². The number of ether oxygens (including phenoxy) is 1. The van der Waals surface area contributed by atoms with Crippen molar-refractivity contribution in [2.24, 2.45) is 0 Å². The molecule has 1 amide bonds. The van der Waals surface area contributed by atoms with Crippen molar-refractivity contribution in [3.05, 3.63) is 29.1 Å². The van der Waals surface area contributed by atoms with Crippen LogP contribution >= 0.6 is 0 Å². The molecule has 0 saturated heterocycles. The summed E-state index contributed by atoms with van der Waals surface area (Å²) in [6, 6.07) is 1.16. The molecule has 0 aliphatic rings. The van der Waals surface area contributed by atoms with Gasteiger partial charge in [0.1, 0.15) is 5.60 Å². The van der Waals surface area contributed by atoms with E-state index >= 15 is 0 Å². The largest absolute Gasteiger partial charge is 0.444 e. The van der Waals surface area contributed by atoms with Gasteiger partial charge >= 0.3 is 6.09 Å². The van der Waals surface area contributed by atoms with Gasteiger partial charge in [-0.1, -0.05) is 0 Å². The quantitative estimate of drug-likeness (QED) is 0.861. The van der Waals surface area contributed by atoms with E-state index in [1.165, 1.54) is 0 Å². The molecule has 0 saturated carbocycles.